The molecule has 2 aromatic rings. The van der Waals surface area contributed by atoms with Crippen molar-refractivity contribution in [3.63, 3.8) is 0 Å². The molecule has 2 aromatic heterocycles. The van der Waals surface area contributed by atoms with Gasteiger partial charge in [-0.25, -0.2) is 0 Å². The van der Waals surface area contributed by atoms with Crippen LogP contribution < -0.4 is 11.1 Å². The van der Waals surface area contributed by atoms with Crippen molar-refractivity contribution in [3.8, 4) is 0 Å². The summed E-state index contributed by atoms with van der Waals surface area (Å²) in [5, 5.41) is 3.25. The first-order valence-corrected chi connectivity index (χ1v) is 5.55. The number of anilines is 1. The van der Waals surface area contributed by atoms with E-state index < -0.39 is 0 Å². The van der Waals surface area contributed by atoms with Gasteiger partial charge >= 0.3 is 0 Å². The minimum atomic E-state index is 0.311. The number of pyridine rings is 2. The molecule has 0 saturated heterocycles. The minimum Gasteiger partial charge on any atom is -0.388 e. The Morgan fingerprint density at radius 3 is 2.59 bits per heavy atom. The minimum absolute atomic E-state index is 0.311. The van der Waals surface area contributed by atoms with E-state index in [0.29, 0.717) is 10.7 Å². The zero-order valence-electron chi connectivity index (χ0n) is 9.13. The summed E-state index contributed by atoms with van der Waals surface area (Å²) in [5.41, 5.74) is 8.20. The highest BCUT2D eigenvalue weighted by atomic mass is 32.1. The Morgan fingerprint density at radius 2 is 2.00 bits per heavy atom. The molecule has 0 bridgehead atoms. The molecule has 0 aliphatic heterocycles. The van der Waals surface area contributed by atoms with E-state index >= 15 is 0 Å². The molecule has 0 aromatic carbocycles. The smallest absolute Gasteiger partial charge is 0.122 e. The largest absolute Gasteiger partial charge is 0.388 e. The van der Waals surface area contributed by atoms with Crippen molar-refractivity contribution in [1.82, 2.24) is 9.97 Å². The molecule has 0 aliphatic carbocycles. The lowest BCUT2D eigenvalue weighted by atomic mass is 10.2. The second kappa shape index (κ2) is 5.36. The highest BCUT2D eigenvalue weighted by Gasteiger charge is 1.98. The van der Waals surface area contributed by atoms with E-state index in [0.717, 1.165) is 12.2 Å². The van der Waals surface area contributed by atoms with Crippen LogP contribution in [-0.2, 0) is 6.54 Å². The molecular weight excluding hydrogens is 232 g/mol. The van der Waals surface area contributed by atoms with Gasteiger partial charge in [0.1, 0.15) is 4.99 Å². The molecule has 3 N–H and O–H groups in total. The van der Waals surface area contributed by atoms with Gasteiger partial charge in [-0.05, 0) is 29.8 Å². The van der Waals surface area contributed by atoms with Crippen LogP contribution >= 0.6 is 12.2 Å². The van der Waals surface area contributed by atoms with Crippen molar-refractivity contribution in [2.75, 3.05) is 5.32 Å². The van der Waals surface area contributed by atoms with E-state index in [1.54, 1.807) is 24.7 Å². The Morgan fingerprint density at radius 1 is 1.24 bits per heavy atom. The maximum atomic E-state index is 5.47. The fourth-order valence-corrected chi connectivity index (χ4v) is 1.47. The van der Waals surface area contributed by atoms with Crippen LogP contribution in [0.15, 0.2) is 42.9 Å². The molecule has 0 saturated carbocycles. The lowest BCUT2D eigenvalue weighted by Gasteiger charge is -2.06. The van der Waals surface area contributed by atoms with E-state index in [-0.39, 0.29) is 0 Å². The van der Waals surface area contributed by atoms with Crippen molar-refractivity contribution in [2.45, 2.75) is 6.54 Å². The summed E-state index contributed by atoms with van der Waals surface area (Å²) < 4.78 is 0. The van der Waals surface area contributed by atoms with E-state index in [2.05, 4.69) is 15.3 Å². The summed E-state index contributed by atoms with van der Waals surface area (Å²) >= 11 is 4.83. The summed E-state index contributed by atoms with van der Waals surface area (Å²) in [6.45, 7) is 0.733. The van der Waals surface area contributed by atoms with Gasteiger partial charge in [-0.3, -0.25) is 9.97 Å². The molecule has 0 aliphatic rings. The van der Waals surface area contributed by atoms with Gasteiger partial charge in [-0.1, -0.05) is 12.2 Å². The Bertz CT molecular complexity index is 496. The second-order valence-electron chi connectivity index (χ2n) is 3.51. The zero-order chi connectivity index (χ0) is 12.1. The quantitative estimate of drug-likeness (QED) is 0.802. The number of rotatable bonds is 4. The van der Waals surface area contributed by atoms with Gasteiger partial charge in [0.2, 0.25) is 0 Å². The lowest BCUT2D eigenvalue weighted by molar-refractivity contribution is 1.12. The molecule has 2 heterocycles. The molecule has 0 amide bonds. The molecule has 0 radical (unpaired) electrons. The van der Waals surface area contributed by atoms with Crippen LogP contribution in [0, 0.1) is 0 Å². The van der Waals surface area contributed by atoms with Crippen LogP contribution in [0.1, 0.15) is 11.3 Å². The average molecular weight is 244 g/mol. The molecule has 2 rings (SSSR count). The summed E-state index contributed by atoms with van der Waals surface area (Å²) in [6, 6.07) is 7.63. The van der Waals surface area contributed by atoms with Gasteiger partial charge in [-0.15, -0.1) is 0 Å². The van der Waals surface area contributed by atoms with Crippen LogP contribution in [0.5, 0.6) is 0 Å². The lowest BCUT2D eigenvalue weighted by Crippen LogP contribution is -2.11. The first-order valence-electron chi connectivity index (χ1n) is 5.14. The van der Waals surface area contributed by atoms with Crippen molar-refractivity contribution in [2.24, 2.45) is 5.73 Å². The van der Waals surface area contributed by atoms with Crippen molar-refractivity contribution < 1.29 is 0 Å². The fraction of sp³-hybridized carbons (Fsp3) is 0.0833. The van der Waals surface area contributed by atoms with Gasteiger partial charge in [0.05, 0.1) is 17.6 Å². The Hall–Kier alpha value is -2.01. The number of nitrogens with zero attached hydrogens (tertiary/aromatic N) is 2. The summed E-state index contributed by atoms with van der Waals surface area (Å²) in [5.74, 6) is 0. The molecule has 5 heteroatoms. The van der Waals surface area contributed by atoms with Crippen molar-refractivity contribution >= 4 is 22.9 Å². The Labute approximate surface area is 105 Å². The first kappa shape index (κ1) is 11.5. The van der Waals surface area contributed by atoms with E-state index in [1.165, 1.54) is 5.56 Å². The van der Waals surface area contributed by atoms with Crippen molar-refractivity contribution in [3.05, 3.63) is 54.1 Å². The molecular formula is C12H12N4S. The Balaban J connectivity index is 1.98. The third-order valence-electron chi connectivity index (χ3n) is 2.26. The highest BCUT2D eigenvalue weighted by Crippen LogP contribution is 2.08. The first-order chi connectivity index (χ1) is 8.25. The van der Waals surface area contributed by atoms with Crippen LogP contribution in [0.25, 0.3) is 0 Å². The van der Waals surface area contributed by atoms with Gasteiger partial charge in [0, 0.05) is 18.9 Å². The molecule has 0 spiro atoms. The summed E-state index contributed by atoms with van der Waals surface area (Å²) in [6.07, 6.45) is 5.26. The van der Waals surface area contributed by atoms with Crippen LogP contribution in [0.4, 0.5) is 5.69 Å². The van der Waals surface area contributed by atoms with E-state index in [1.807, 2.05) is 18.2 Å². The number of nitrogens with two attached hydrogens (primary N) is 1. The van der Waals surface area contributed by atoms with Crippen LogP contribution in [0.3, 0.4) is 0 Å². The number of hydrogen-bond acceptors (Lipinski definition) is 4. The average Bonchev–Trinajstić information content (AvgIpc) is 2.38. The summed E-state index contributed by atoms with van der Waals surface area (Å²) in [4.78, 5) is 8.42. The Kier molecular flexibility index (Phi) is 3.62. The number of hydrogen-bond donors (Lipinski definition) is 2. The molecule has 17 heavy (non-hydrogen) atoms. The molecule has 0 unspecified atom stereocenters. The molecule has 4 nitrogen and oxygen atoms in total. The standard InChI is InChI=1S/C12H12N4S/c13-12(17)11-2-1-10(8-16-11)15-7-9-3-5-14-6-4-9/h1-6,8,15H,7H2,(H2,13,17). The zero-order valence-corrected chi connectivity index (χ0v) is 9.95. The third-order valence-corrected chi connectivity index (χ3v) is 2.47. The second-order valence-corrected chi connectivity index (χ2v) is 3.95. The topological polar surface area (TPSA) is 63.8 Å². The van der Waals surface area contributed by atoms with Crippen molar-refractivity contribution in [1.29, 1.82) is 0 Å². The monoisotopic (exact) mass is 244 g/mol. The van der Waals surface area contributed by atoms with Gasteiger partial charge in [0.25, 0.3) is 0 Å². The van der Waals surface area contributed by atoms with Gasteiger partial charge in [-0.2, -0.15) is 0 Å². The maximum Gasteiger partial charge on any atom is 0.122 e. The predicted molar refractivity (Wildman–Crippen MR) is 71.7 cm³/mol. The predicted octanol–water partition coefficient (Wildman–Crippen LogP) is 1.72. The van der Waals surface area contributed by atoms with Crippen LogP contribution in [-0.4, -0.2) is 15.0 Å². The SMILES string of the molecule is NC(=S)c1ccc(NCc2ccncc2)cn1. The number of thiocarbonyl (C=S) groups is 1. The molecule has 86 valence electrons. The summed E-state index contributed by atoms with van der Waals surface area (Å²) in [7, 11) is 0. The molecule has 0 atom stereocenters. The third kappa shape index (κ3) is 3.22. The van der Waals surface area contributed by atoms with Gasteiger partial charge < -0.3 is 11.1 Å². The normalized spacial score (nSPS) is 9.88. The van der Waals surface area contributed by atoms with Gasteiger partial charge in [0.15, 0.2) is 0 Å². The number of aromatic nitrogens is 2. The van der Waals surface area contributed by atoms with Crippen LogP contribution in [0.2, 0.25) is 0 Å². The van der Waals surface area contributed by atoms with E-state index in [9.17, 15) is 0 Å². The molecule has 0 fully saturated rings. The maximum absolute atomic E-state index is 5.47. The fourth-order valence-electron chi connectivity index (χ4n) is 1.35. The highest BCUT2D eigenvalue weighted by molar-refractivity contribution is 7.80. The van der Waals surface area contributed by atoms with E-state index in [4.69, 9.17) is 18.0 Å². The number of nitrogens with one attached hydrogen (secondary N) is 1.